The Balaban J connectivity index is 1.82. The van der Waals surface area contributed by atoms with Crippen molar-refractivity contribution in [2.24, 2.45) is 0 Å². The molecule has 2 aromatic heterocycles. The molecule has 0 saturated heterocycles. The van der Waals surface area contributed by atoms with Gasteiger partial charge in [-0.3, -0.25) is 4.79 Å². The number of carbonyl (C=O) groups excluding carboxylic acids is 1. The molecule has 146 valence electrons. The second-order valence-corrected chi connectivity index (χ2v) is 6.67. The van der Waals surface area contributed by atoms with Gasteiger partial charge in [0, 0.05) is 13.1 Å². The van der Waals surface area contributed by atoms with Crippen LogP contribution in [0.1, 0.15) is 15.9 Å². The fourth-order valence-electron chi connectivity index (χ4n) is 3.31. The smallest absolute Gasteiger partial charge is 0.257 e. The Bertz CT molecular complexity index is 1210. The first kappa shape index (κ1) is 18.6. The summed E-state index contributed by atoms with van der Waals surface area (Å²) in [6.45, 7) is 4.42. The van der Waals surface area contributed by atoms with Crippen LogP contribution in [0.4, 0.5) is 10.2 Å². The quantitative estimate of drug-likeness (QED) is 0.495. The largest absolute Gasteiger partial charge is 0.384 e. The minimum absolute atomic E-state index is 0.279. The molecule has 0 fully saturated rings. The highest BCUT2D eigenvalue weighted by Crippen LogP contribution is 2.28. The summed E-state index contributed by atoms with van der Waals surface area (Å²) in [7, 11) is 0. The van der Waals surface area contributed by atoms with Crippen LogP contribution in [0.15, 0.2) is 61.2 Å². The molecule has 0 atom stereocenters. The van der Waals surface area contributed by atoms with Gasteiger partial charge in [0.1, 0.15) is 22.7 Å². The second-order valence-electron chi connectivity index (χ2n) is 6.67. The number of para-hydroxylation sites is 2. The van der Waals surface area contributed by atoms with Crippen LogP contribution in [0.5, 0.6) is 0 Å². The molecule has 0 bridgehead atoms. The Morgan fingerprint density at radius 3 is 2.52 bits per heavy atom. The van der Waals surface area contributed by atoms with Crippen LogP contribution in [0.25, 0.3) is 22.2 Å². The maximum Gasteiger partial charge on any atom is 0.257 e. The molecule has 0 unspecified atom stereocenters. The summed E-state index contributed by atoms with van der Waals surface area (Å²) in [6, 6.07) is 13.8. The van der Waals surface area contributed by atoms with Crippen molar-refractivity contribution in [3.8, 4) is 0 Å². The van der Waals surface area contributed by atoms with Gasteiger partial charge in [0.05, 0.1) is 11.0 Å². The van der Waals surface area contributed by atoms with Crippen LogP contribution in [-0.2, 0) is 13.0 Å². The molecule has 0 spiro atoms. The molecular weight excluding hydrogens is 369 g/mol. The minimum atomic E-state index is -0.322. The lowest BCUT2D eigenvalue weighted by atomic mass is 10.1. The van der Waals surface area contributed by atoms with E-state index in [0.717, 1.165) is 11.1 Å². The van der Waals surface area contributed by atoms with Crippen LogP contribution in [0.2, 0.25) is 0 Å². The first-order valence-corrected chi connectivity index (χ1v) is 9.26. The number of rotatable bonds is 6. The van der Waals surface area contributed by atoms with E-state index in [9.17, 15) is 9.18 Å². The predicted octanol–water partition coefficient (Wildman–Crippen LogP) is 3.46. The van der Waals surface area contributed by atoms with E-state index in [1.54, 1.807) is 22.8 Å². The van der Waals surface area contributed by atoms with E-state index in [1.807, 2.05) is 24.3 Å². The van der Waals surface area contributed by atoms with Crippen molar-refractivity contribution in [1.82, 2.24) is 19.9 Å². The highest BCUT2D eigenvalue weighted by atomic mass is 19.1. The number of benzene rings is 2. The van der Waals surface area contributed by atoms with Gasteiger partial charge in [0.25, 0.3) is 5.91 Å². The van der Waals surface area contributed by atoms with Crippen LogP contribution in [-0.4, -0.2) is 27.0 Å². The van der Waals surface area contributed by atoms with Crippen LogP contribution in [0.3, 0.4) is 0 Å². The molecule has 0 aliphatic rings. The van der Waals surface area contributed by atoms with Gasteiger partial charge in [0.15, 0.2) is 5.65 Å². The van der Waals surface area contributed by atoms with Crippen molar-refractivity contribution in [2.45, 2.75) is 13.0 Å². The zero-order valence-corrected chi connectivity index (χ0v) is 15.7. The summed E-state index contributed by atoms with van der Waals surface area (Å²) in [5, 5.41) is 2.76. The van der Waals surface area contributed by atoms with E-state index in [1.165, 1.54) is 12.1 Å². The summed E-state index contributed by atoms with van der Waals surface area (Å²) in [4.78, 5) is 22.1. The third kappa shape index (κ3) is 3.54. The van der Waals surface area contributed by atoms with Gasteiger partial charge in [-0.25, -0.2) is 14.4 Å². The molecule has 2 heterocycles. The van der Waals surface area contributed by atoms with E-state index in [0.29, 0.717) is 47.6 Å². The molecule has 4 aromatic rings. The third-order valence-electron chi connectivity index (χ3n) is 4.76. The average Bonchev–Trinajstić information content (AvgIpc) is 3.00. The van der Waals surface area contributed by atoms with Crippen molar-refractivity contribution in [3.05, 3.63) is 78.1 Å². The molecule has 0 radical (unpaired) electrons. The highest BCUT2D eigenvalue weighted by Gasteiger charge is 2.23. The Hall–Kier alpha value is -3.74. The molecule has 3 N–H and O–H groups in total. The van der Waals surface area contributed by atoms with Gasteiger partial charge < -0.3 is 15.6 Å². The number of carbonyl (C=O) groups is 1. The molecule has 29 heavy (non-hydrogen) atoms. The van der Waals surface area contributed by atoms with E-state index >= 15 is 0 Å². The summed E-state index contributed by atoms with van der Waals surface area (Å²) in [5.74, 6) is -0.297. The lowest BCUT2D eigenvalue weighted by Gasteiger charge is -2.08. The normalized spacial score (nSPS) is 11.1. The number of aromatic nitrogens is 3. The maximum absolute atomic E-state index is 13.2. The molecule has 6 nitrogen and oxygen atoms in total. The SMILES string of the molecule is C=CCNC(=O)c1c(N)n(CCc2ccc(F)cc2)c2nc3ccccc3nc12. The van der Waals surface area contributed by atoms with E-state index in [-0.39, 0.29) is 11.7 Å². The number of nitrogens with two attached hydrogens (primary N) is 1. The van der Waals surface area contributed by atoms with Gasteiger partial charge >= 0.3 is 0 Å². The standard InChI is InChI=1S/C22H20FN5O/c1-2-12-25-22(29)18-19-21(27-17-6-4-3-5-16(17)26-19)28(20(18)24)13-11-14-7-9-15(23)10-8-14/h2-10H,1,11-13,24H2,(H,25,29). The number of anilines is 1. The van der Waals surface area contributed by atoms with Gasteiger partial charge in [-0.1, -0.05) is 30.3 Å². The number of fused-ring (bicyclic) bond motifs is 2. The second kappa shape index (κ2) is 7.71. The van der Waals surface area contributed by atoms with Crippen molar-refractivity contribution < 1.29 is 9.18 Å². The Morgan fingerprint density at radius 1 is 1.14 bits per heavy atom. The van der Waals surface area contributed by atoms with Gasteiger partial charge in [0.2, 0.25) is 0 Å². The van der Waals surface area contributed by atoms with Crippen molar-refractivity contribution in [2.75, 3.05) is 12.3 Å². The summed E-state index contributed by atoms with van der Waals surface area (Å²) >= 11 is 0. The molecular formula is C22H20FN5O. The van der Waals surface area contributed by atoms with Gasteiger partial charge in [-0.15, -0.1) is 6.58 Å². The number of nitrogens with one attached hydrogen (secondary N) is 1. The van der Waals surface area contributed by atoms with Crippen molar-refractivity contribution in [3.63, 3.8) is 0 Å². The Labute approximate surface area is 166 Å². The van der Waals surface area contributed by atoms with E-state index in [2.05, 4.69) is 16.9 Å². The number of nitrogens with zero attached hydrogens (tertiary/aromatic N) is 3. The van der Waals surface area contributed by atoms with Crippen molar-refractivity contribution in [1.29, 1.82) is 0 Å². The zero-order valence-electron chi connectivity index (χ0n) is 15.7. The average molecular weight is 389 g/mol. The molecule has 0 aliphatic heterocycles. The topological polar surface area (TPSA) is 85.8 Å². The monoisotopic (exact) mass is 389 g/mol. The summed E-state index contributed by atoms with van der Waals surface area (Å²) < 4.78 is 15.0. The Kier molecular flexibility index (Phi) is 4.95. The van der Waals surface area contributed by atoms with Gasteiger partial charge in [-0.2, -0.15) is 0 Å². The third-order valence-corrected chi connectivity index (χ3v) is 4.76. The molecule has 7 heteroatoms. The predicted molar refractivity (Wildman–Crippen MR) is 112 cm³/mol. The fraction of sp³-hybridized carbons (Fsp3) is 0.136. The lowest BCUT2D eigenvalue weighted by molar-refractivity contribution is 0.0960. The Morgan fingerprint density at radius 2 is 1.83 bits per heavy atom. The maximum atomic E-state index is 13.2. The molecule has 0 saturated carbocycles. The molecule has 1 amide bonds. The van der Waals surface area contributed by atoms with Gasteiger partial charge in [-0.05, 0) is 36.2 Å². The minimum Gasteiger partial charge on any atom is -0.384 e. The number of nitrogen functional groups attached to an aromatic ring is 1. The number of halogens is 1. The van der Waals surface area contributed by atoms with E-state index < -0.39 is 0 Å². The van der Waals surface area contributed by atoms with E-state index in [4.69, 9.17) is 10.7 Å². The summed E-state index contributed by atoms with van der Waals surface area (Å²) in [5.41, 5.74) is 10.1. The highest BCUT2D eigenvalue weighted by molar-refractivity contribution is 6.10. The van der Waals surface area contributed by atoms with Crippen molar-refractivity contribution >= 4 is 33.9 Å². The lowest BCUT2D eigenvalue weighted by Crippen LogP contribution is -2.24. The molecule has 4 rings (SSSR count). The van der Waals surface area contributed by atoms with Crippen LogP contribution < -0.4 is 11.1 Å². The van der Waals surface area contributed by atoms with Crippen LogP contribution in [0, 0.1) is 5.82 Å². The first-order chi connectivity index (χ1) is 14.1. The zero-order chi connectivity index (χ0) is 20.4. The van der Waals surface area contributed by atoms with Crippen LogP contribution >= 0.6 is 0 Å². The molecule has 0 aliphatic carbocycles. The summed E-state index contributed by atoms with van der Waals surface area (Å²) in [6.07, 6.45) is 2.21. The first-order valence-electron chi connectivity index (χ1n) is 9.26. The number of aryl methyl sites for hydroxylation is 2. The fourth-order valence-corrected chi connectivity index (χ4v) is 3.31. The molecule has 2 aromatic carbocycles. The number of hydrogen-bond donors (Lipinski definition) is 2. The number of hydrogen-bond acceptors (Lipinski definition) is 4. The number of amides is 1.